The van der Waals surface area contributed by atoms with Crippen LogP contribution in [0, 0.1) is 6.92 Å². The van der Waals surface area contributed by atoms with Crippen LogP contribution in [0.3, 0.4) is 0 Å². The van der Waals surface area contributed by atoms with Crippen molar-refractivity contribution in [1.82, 2.24) is 5.32 Å². The lowest BCUT2D eigenvalue weighted by atomic mass is 10.1. The number of benzene rings is 3. The molecule has 0 saturated heterocycles. The molecule has 3 aromatic carbocycles. The summed E-state index contributed by atoms with van der Waals surface area (Å²) in [7, 11) is 1.57. The number of para-hydroxylation sites is 3. The van der Waals surface area contributed by atoms with E-state index in [1.807, 2.05) is 73.7 Å². The molecule has 3 aromatic rings. The van der Waals surface area contributed by atoms with Crippen molar-refractivity contribution < 1.29 is 14.3 Å². The summed E-state index contributed by atoms with van der Waals surface area (Å²) in [6.07, 6.45) is 0.603. The summed E-state index contributed by atoms with van der Waals surface area (Å²) in [6.45, 7) is 2.81. The van der Waals surface area contributed by atoms with Crippen molar-refractivity contribution in [3.05, 3.63) is 90.0 Å². The van der Waals surface area contributed by atoms with Gasteiger partial charge in [0.1, 0.15) is 5.75 Å². The largest absolute Gasteiger partial charge is 0.495 e. The van der Waals surface area contributed by atoms with Gasteiger partial charge in [-0.2, -0.15) is 0 Å². The molecule has 0 aliphatic heterocycles. The number of aryl methyl sites for hydroxylation is 1. The first-order chi connectivity index (χ1) is 15.1. The maximum atomic E-state index is 13.0. The average Bonchev–Trinajstić information content (AvgIpc) is 2.80. The number of carbonyl (C=O) groups is 2. The van der Waals surface area contributed by atoms with Crippen molar-refractivity contribution in [2.45, 2.75) is 13.3 Å². The molecule has 2 N–H and O–H groups in total. The molecule has 0 saturated carbocycles. The van der Waals surface area contributed by atoms with Crippen molar-refractivity contribution in [1.29, 1.82) is 0 Å². The third-order valence-electron chi connectivity index (χ3n) is 4.90. The summed E-state index contributed by atoms with van der Waals surface area (Å²) in [5.41, 5.74) is 2.97. The lowest BCUT2D eigenvalue weighted by molar-refractivity contribution is 0.0953. The van der Waals surface area contributed by atoms with Gasteiger partial charge in [0, 0.05) is 24.3 Å². The van der Waals surface area contributed by atoms with Crippen molar-refractivity contribution in [3.63, 3.8) is 0 Å². The van der Waals surface area contributed by atoms with Gasteiger partial charge in [-0.25, -0.2) is 4.79 Å². The lowest BCUT2D eigenvalue weighted by Gasteiger charge is -2.24. The van der Waals surface area contributed by atoms with Crippen LogP contribution in [0.2, 0.25) is 0 Å². The molecule has 0 unspecified atom stereocenters. The van der Waals surface area contributed by atoms with E-state index < -0.39 is 0 Å². The fourth-order valence-electron chi connectivity index (χ4n) is 3.25. The summed E-state index contributed by atoms with van der Waals surface area (Å²) in [4.78, 5) is 27.1. The molecule has 6 heteroatoms. The average molecular weight is 418 g/mol. The van der Waals surface area contributed by atoms with Gasteiger partial charge in [0.2, 0.25) is 0 Å². The first kappa shape index (κ1) is 21.9. The zero-order chi connectivity index (χ0) is 22.1. The molecule has 3 amide bonds. The standard InChI is InChI=1S/C25H27N3O3/c1-19-11-6-7-14-21(19)24(29)26-17-10-18-28(20-12-4-3-5-13-20)25(30)27-22-15-8-9-16-23(22)31-2/h3-9,11-16H,10,17-18H2,1-2H3,(H,26,29)(H,27,30). The Morgan fingerprint density at radius 2 is 1.58 bits per heavy atom. The molecular weight excluding hydrogens is 390 g/mol. The van der Waals surface area contributed by atoms with Gasteiger partial charge in [0.25, 0.3) is 5.91 Å². The number of hydrogen-bond donors (Lipinski definition) is 2. The number of anilines is 2. The molecule has 0 fully saturated rings. The minimum atomic E-state index is -0.263. The molecule has 0 atom stereocenters. The molecule has 0 heterocycles. The van der Waals surface area contributed by atoms with E-state index >= 15 is 0 Å². The second-order valence-corrected chi connectivity index (χ2v) is 7.04. The zero-order valence-electron chi connectivity index (χ0n) is 17.8. The number of ether oxygens (including phenoxy) is 1. The normalized spacial score (nSPS) is 10.3. The van der Waals surface area contributed by atoms with Crippen LogP contribution in [0.15, 0.2) is 78.9 Å². The molecule has 0 aliphatic carbocycles. The van der Waals surface area contributed by atoms with E-state index in [9.17, 15) is 9.59 Å². The highest BCUT2D eigenvalue weighted by molar-refractivity contribution is 6.02. The van der Waals surface area contributed by atoms with Gasteiger partial charge in [-0.15, -0.1) is 0 Å². The monoisotopic (exact) mass is 417 g/mol. The Hall–Kier alpha value is -3.80. The quantitative estimate of drug-likeness (QED) is 0.514. The van der Waals surface area contributed by atoms with Crippen LogP contribution >= 0.6 is 0 Å². The highest BCUT2D eigenvalue weighted by atomic mass is 16.5. The Bertz CT molecular complexity index is 1020. The predicted molar refractivity (Wildman–Crippen MR) is 124 cm³/mol. The molecule has 31 heavy (non-hydrogen) atoms. The molecule has 0 bridgehead atoms. The van der Waals surface area contributed by atoms with Crippen LogP contribution in [0.25, 0.3) is 0 Å². The van der Waals surface area contributed by atoms with E-state index in [1.165, 1.54) is 0 Å². The van der Waals surface area contributed by atoms with E-state index in [0.29, 0.717) is 36.5 Å². The van der Waals surface area contributed by atoms with E-state index in [0.717, 1.165) is 11.3 Å². The second-order valence-electron chi connectivity index (χ2n) is 7.04. The van der Waals surface area contributed by atoms with Gasteiger partial charge in [-0.05, 0) is 49.2 Å². The second kappa shape index (κ2) is 10.8. The lowest BCUT2D eigenvalue weighted by Crippen LogP contribution is -2.37. The fraction of sp³-hybridized carbons (Fsp3) is 0.200. The van der Waals surface area contributed by atoms with Gasteiger partial charge in [0.05, 0.1) is 12.8 Å². The third kappa shape index (κ3) is 5.85. The first-order valence-electron chi connectivity index (χ1n) is 10.2. The van der Waals surface area contributed by atoms with Gasteiger partial charge in [-0.1, -0.05) is 48.5 Å². The third-order valence-corrected chi connectivity index (χ3v) is 4.90. The molecule has 3 rings (SSSR count). The Balaban J connectivity index is 1.64. The Morgan fingerprint density at radius 1 is 0.903 bits per heavy atom. The topological polar surface area (TPSA) is 70.7 Å². The Morgan fingerprint density at radius 3 is 2.32 bits per heavy atom. The minimum Gasteiger partial charge on any atom is -0.495 e. The smallest absolute Gasteiger partial charge is 0.326 e. The first-order valence-corrected chi connectivity index (χ1v) is 10.2. The van der Waals surface area contributed by atoms with Gasteiger partial charge in [-0.3, -0.25) is 9.69 Å². The van der Waals surface area contributed by atoms with E-state index in [1.54, 1.807) is 24.1 Å². The zero-order valence-corrected chi connectivity index (χ0v) is 17.8. The van der Waals surface area contributed by atoms with Gasteiger partial charge >= 0.3 is 6.03 Å². The summed E-state index contributed by atoms with van der Waals surface area (Å²) in [5.74, 6) is 0.484. The number of methoxy groups -OCH3 is 1. The van der Waals surface area contributed by atoms with E-state index in [2.05, 4.69) is 10.6 Å². The minimum absolute atomic E-state index is 0.108. The molecule has 6 nitrogen and oxygen atoms in total. The number of nitrogens with one attached hydrogen (secondary N) is 2. The summed E-state index contributed by atoms with van der Waals surface area (Å²) < 4.78 is 5.33. The Kier molecular flexibility index (Phi) is 7.65. The molecular formula is C25H27N3O3. The maximum Gasteiger partial charge on any atom is 0.326 e. The number of rotatable bonds is 8. The number of carbonyl (C=O) groups excluding carboxylic acids is 2. The summed E-state index contributed by atoms with van der Waals surface area (Å²) in [5, 5.41) is 5.85. The molecule has 0 radical (unpaired) electrons. The van der Waals surface area contributed by atoms with Crippen LogP contribution < -0.4 is 20.3 Å². The number of nitrogens with zero attached hydrogens (tertiary/aromatic N) is 1. The molecule has 0 aliphatic rings. The van der Waals surface area contributed by atoms with Crippen molar-refractivity contribution in [2.24, 2.45) is 0 Å². The number of urea groups is 1. The van der Waals surface area contributed by atoms with Crippen LogP contribution in [0.1, 0.15) is 22.3 Å². The molecule has 0 spiro atoms. The van der Waals surface area contributed by atoms with Gasteiger partial charge in [0.15, 0.2) is 0 Å². The molecule has 0 aromatic heterocycles. The van der Waals surface area contributed by atoms with Crippen LogP contribution in [-0.2, 0) is 0 Å². The van der Waals surface area contributed by atoms with Crippen LogP contribution in [0.5, 0.6) is 5.75 Å². The van der Waals surface area contributed by atoms with Crippen LogP contribution in [0.4, 0.5) is 16.2 Å². The Labute approximate surface area is 182 Å². The van der Waals surface area contributed by atoms with Crippen LogP contribution in [-0.4, -0.2) is 32.1 Å². The van der Waals surface area contributed by atoms with Crippen molar-refractivity contribution >= 4 is 23.3 Å². The summed E-state index contributed by atoms with van der Waals surface area (Å²) >= 11 is 0. The number of amides is 3. The van der Waals surface area contributed by atoms with Crippen molar-refractivity contribution in [3.8, 4) is 5.75 Å². The molecule has 160 valence electrons. The highest BCUT2D eigenvalue weighted by Gasteiger charge is 2.17. The highest BCUT2D eigenvalue weighted by Crippen LogP contribution is 2.24. The predicted octanol–water partition coefficient (Wildman–Crippen LogP) is 4.86. The van der Waals surface area contributed by atoms with E-state index in [4.69, 9.17) is 4.74 Å². The summed E-state index contributed by atoms with van der Waals surface area (Å²) in [6, 6.07) is 23.9. The SMILES string of the molecule is COc1ccccc1NC(=O)N(CCCNC(=O)c1ccccc1C)c1ccccc1. The fourth-order valence-corrected chi connectivity index (χ4v) is 3.25. The van der Waals surface area contributed by atoms with Crippen molar-refractivity contribution in [2.75, 3.05) is 30.4 Å². The van der Waals surface area contributed by atoms with E-state index in [-0.39, 0.29) is 11.9 Å². The number of hydrogen-bond acceptors (Lipinski definition) is 3. The van der Waals surface area contributed by atoms with Gasteiger partial charge < -0.3 is 15.4 Å². The maximum absolute atomic E-state index is 13.0.